The molecule has 0 spiro atoms. The Morgan fingerprint density at radius 2 is 0.946 bits per heavy atom. The minimum Gasteiger partial charge on any atom is -0.476 e. The van der Waals surface area contributed by atoms with Gasteiger partial charge in [0, 0.05) is 20.3 Å². The van der Waals surface area contributed by atoms with Gasteiger partial charge in [0.2, 0.25) is 0 Å². The van der Waals surface area contributed by atoms with E-state index < -0.39 is 0 Å². The summed E-state index contributed by atoms with van der Waals surface area (Å²) in [7, 11) is 1.64. The lowest BCUT2D eigenvalue weighted by atomic mass is 10.1. The predicted octanol–water partition coefficient (Wildman–Crippen LogP) is 10.9. The van der Waals surface area contributed by atoms with Crippen molar-refractivity contribution in [1.29, 1.82) is 0 Å². The molecule has 0 rings (SSSR count). The van der Waals surface area contributed by atoms with Crippen LogP contribution in [0.4, 0.5) is 0 Å². The molecule has 0 aliphatic heterocycles. The topological polar surface area (TPSA) is 36.9 Å². The summed E-state index contributed by atoms with van der Waals surface area (Å²) in [6.07, 6.45) is 35.1. The van der Waals surface area contributed by atoms with Crippen molar-refractivity contribution in [3.63, 3.8) is 0 Å². The Hall–Kier alpha value is -0.580. The van der Waals surface area contributed by atoms with E-state index in [0.29, 0.717) is 6.79 Å². The first-order valence-corrected chi connectivity index (χ1v) is 16.3. The number of methoxy groups -OCH3 is 1. The summed E-state index contributed by atoms with van der Waals surface area (Å²) >= 11 is 0. The lowest BCUT2D eigenvalue weighted by Gasteiger charge is -2.19. The summed E-state index contributed by atoms with van der Waals surface area (Å²) in [5, 5.41) is 0. The highest BCUT2D eigenvalue weighted by molar-refractivity contribution is 4.72. The zero-order chi connectivity index (χ0) is 26.9. The molecule has 0 saturated heterocycles. The number of ether oxygens (including phenoxy) is 4. The van der Waals surface area contributed by atoms with Crippen molar-refractivity contribution in [3.05, 3.63) is 12.3 Å². The minimum atomic E-state index is 0.00588. The van der Waals surface area contributed by atoms with Crippen LogP contribution < -0.4 is 0 Å². The minimum absolute atomic E-state index is 0.00588. The third-order valence-electron chi connectivity index (χ3n) is 7.04. The van der Waals surface area contributed by atoms with Crippen molar-refractivity contribution in [1.82, 2.24) is 0 Å². The highest BCUT2D eigenvalue weighted by Gasteiger charge is 2.09. The van der Waals surface area contributed by atoms with Crippen LogP contribution in [-0.2, 0) is 18.9 Å². The van der Waals surface area contributed by atoms with Crippen LogP contribution in [0, 0.1) is 0 Å². The van der Waals surface area contributed by atoms with Gasteiger partial charge < -0.3 is 18.9 Å². The van der Waals surface area contributed by atoms with Gasteiger partial charge in [0.15, 0.2) is 13.1 Å². The molecule has 0 unspecified atom stereocenters. The Morgan fingerprint density at radius 1 is 0.514 bits per heavy atom. The summed E-state index contributed by atoms with van der Waals surface area (Å²) < 4.78 is 22.4. The van der Waals surface area contributed by atoms with Crippen molar-refractivity contribution < 1.29 is 18.9 Å². The molecule has 222 valence electrons. The van der Waals surface area contributed by atoms with Crippen LogP contribution in [0.5, 0.6) is 0 Å². The highest BCUT2D eigenvalue weighted by Crippen LogP contribution is 2.15. The van der Waals surface area contributed by atoms with Crippen LogP contribution in [0.3, 0.4) is 0 Å². The molecular weight excluding hydrogens is 460 g/mol. The van der Waals surface area contributed by atoms with Gasteiger partial charge in [-0.05, 0) is 44.6 Å². The normalized spacial score (nSPS) is 11.8. The first-order valence-electron chi connectivity index (χ1n) is 16.3. The number of allylic oxidation sites excluding steroid dienone is 1. The maximum Gasteiger partial charge on any atom is 0.187 e. The van der Waals surface area contributed by atoms with E-state index in [-0.39, 0.29) is 6.29 Å². The summed E-state index contributed by atoms with van der Waals surface area (Å²) in [5.41, 5.74) is 0. The fourth-order valence-corrected chi connectivity index (χ4v) is 4.64. The van der Waals surface area contributed by atoms with Gasteiger partial charge in [0.25, 0.3) is 0 Å². The van der Waals surface area contributed by atoms with Gasteiger partial charge in [-0.2, -0.15) is 0 Å². The van der Waals surface area contributed by atoms with Crippen molar-refractivity contribution >= 4 is 0 Å². The van der Waals surface area contributed by atoms with E-state index in [0.717, 1.165) is 26.1 Å². The number of unbranched alkanes of at least 4 members (excludes halogenated alkanes) is 20. The van der Waals surface area contributed by atoms with E-state index in [1.807, 2.05) is 0 Å². The summed E-state index contributed by atoms with van der Waals surface area (Å²) in [5.74, 6) is 0. The zero-order valence-corrected chi connectivity index (χ0v) is 25.5. The van der Waals surface area contributed by atoms with Crippen LogP contribution in [0.15, 0.2) is 12.3 Å². The van der Waals surface area contributed by atoms with E-state index in [1.54, 1.807) is 13.4 Å². The maximum atomic E-state index is 6.21. The van der Waals surface area contributed by atoms with Gasteiger partial charge in [0.05, 0.1) is 6.26 Å². The molecule has 0 aromatic rings. The molecule has 37 heavy (non-hydrogen) atoms. The molecule has 0 radical (unpaired) electrons. The van der Waals surface area contributed by atoms with Gasteiger partial charge in [-0.1, -0.05) is 129 Å². The molecule has 0 atom stereocenters. The fourth-order valence-electron chi connectivity index (χ4n) is 4.64. The van der Waals surface area contributed by atoms with Crippen molar-refractivity contribution in [3.8, 4) is 0 Å². The van der Waals surface area contributed by atoms with Gasteiger partial charge in [-0.3, -0.25) is 0 Å². The van der Waals surface area contributed by atoms with E-state index in [1.165, 1.54) is 141 Å². The van der Waals surface area contributed by atoms with E-state index in [9.17, 15) is 0 Å². The van der Waals surface area contributed by atoms with Crippen LogP contribution in [0.1, 0.15) is 168 Å². The number of rotatable bonds is 32. The SMILES string of the molecule is CCCCCCCCCCOC(CCCCCCCCC=COCOC)OCCCCCCCCCC. The molecule has 0 N–H and O–H groups in total. The Labute approximate surface area is 232 Å². The monoisotopic (exact) mass is 526 g/mol. The molecule has 0 aromatic heterocycles. The van der Waals surface area contributed by atoms with Crippen LogP contribution in [0.25, 0.3) is 0 Å². The van der Waals surface area contributed by atoms with Crippen molar-refractivity contribution in [2.24, 2.45) is 0 Å². The molecule has 0 aromatic carbocycles. The Bertz CT molecular complexity index is 405. The molecule has 0 bridgehead atoms. The second kappa shape index (κ2) is 33.4. The smallest absolute Gasteiger partial charge is 0.187 e. The second-order valence-corrected chi connectivity index (χ2v) is 10.8. The van der Waals surface area contributed by atoms with Crippen LogP contribution in [0.2, 0.25) is 0 Å². The molecule has 0 fully saturated rings. The summed E-state index contributed by atoms with van der Waals surface area (Å²) in [6, 6.07) is 0. The molecular formula is C33H66O4. The Morgan fingerprint density at radius 3 is 1.43 bits per heavy atom. The summed E-state index contributed by atoms with van der Waals surface area (Å²) in [6.45, 7) is 6.62. The average Bonchev–Trinajstić information content (AvgIpc) is 2.91. The first kappa shape index (κ1) is 36.4. The molecule has 4 nitrogen and oxygen atoms in total. The standard InChI is InChI=1S/C33H66O4/c1-4-6-8-10-12-18-22-26-30-36-33(37-31-27-23-19-13-11-9-7-5-2)28-24-20-16-14-15-17-21-25-29-35-32-34-3/h25,29,33H,4-24,26-28,30-32H2,1-3H3. The quantitative estimate of drug-likeness (QED) is 0.0496. The van der Waals surface area contributed by atoms with Crippen molar-refractivity contribution in [2.45, 2.75) is 174 Å². The van der Waals surface area contributed by atoms with Gasteiger partial charge in [0.1, 0.15) is 0 Å². The molecule has 0 aliphatic carbocycles. The van der Waals surface area contributed by atoms with E-state index in [4.69, 9.17) is 18.9 Å². The molecule has 0 heterocycles. The lowest BCUT2D eigenvalue weighted by molar-refractivity contribution is -0.148. The third kappa shape index (κ3) is 31.5. The Balaban J connectivity index is 3.89. The first-order chi connectivity index (χ1) is 18.3. The zero-order valence-electron chi connectivity index (χ0n) is 25.5. The molecule has 4 heteroatoms. The number of hydrogen-bond acceptors (Lipinski definition) is 4. The average molecular weight is 527 g/mol. The van der Waals surface area contributed by atoms with Crippen LogP contribution in [-0.4, -0.2) is 33.4 Å². The van der Waals surface area contributed by atoms with Gasteiger partial charge in [-0.25, -0.2) is 0 Å². The Kier molecular flexibility index (Phi) is 32.9. The predicted molar refractivity (Wildman–Crippen MR) is 160 cm³/mol. The van der Waals surface area contributed by atoms with Gasteiger partial charge >= 0.3 is 0 Å². The summed E-state index contributed by atoms with van der Waals surface area (Å²) in [4.78, 5) is 0. The third-order valence-corrected chi connectivity index (χ3v) is 7.04. The molecule has 0 aliphatic rings. The molecule has 0 amide bonds. The largest absolute Gasteiger partial charge is 0.476 e. The van der Waals surface area contributed by atoms with E-state index in [2.05, 4.69) is 19.9 Å². The highest BCUT2D eigenvalue weighted by atomic mass is 16.7. The maximum absolute atomic E-state index is 6.21. The second-order valence-electron chi connectivity index (χ2n) is 10.8. The lowest BCUT2D eigenvalue weighted by Crippen LogP contribution is -2.19. The number of hydrogen-bond donors (Lipinski definition) is 0. The molecule has 0 saturated carbocycles. The van der Waals surface area contributed by atoms with Crippen LogP contribution >= 0.6 is 0 Å². The fraction of sp³-hybridized carbons (Fsp3) is 0.939. The van der Waals surface area contributed by atoms with E-state index >= 15 is 0 Å². The van der Waals surface area contributed by atoms with Crippen molar-refractivity contribution in [2.75, 3.05) is 27.1 Å². The van der Waals surface area contributed by atoms with Gasteiger partial charge in [-0.15, -0.1) is 0 Å².